The molecule has 0 spiro atoms. The summed E-state index contributed by atoms with van der Waals surface area (Å²) in [7, 11) is 0. The minimum atomic E-state index is -0.968. The standard InChI is InChI=1S/C7H15NO3/c1-3-8(4-2)6(9)5-7(10)11/h6,9H,3-5H2,1-2H3,(H,10,11). The van der Waals surface area contributed by atoms with E-state index in [0.29, 0.717) is 13.1 Å². The van der Waals surface area contributed by atoms with Crippen molar-refractivity contribution in [3.05, 3.63) is 0 Å². The molecule has 0 fully saturated rings. The van der Waals surface area contributed by atoms with Crippen LogP contribution in [0.1, 0.15) is 20.3 Å². The second-order valence-electron chi connectivity index (χ2n) is 2.30. The third kappa shape index (κ3) is 3.95. The van der Waals surface area contributed by atoms with E-state index in [1.165, 1.54) is 0 Å². The molecule has 1 atom stereocenters. The number of aliphatic hydroxyl groups is 1. The second-order valence-corrected chi connectivity index (χ2v) is 2.30. The number of hydrogen-bond acceptors (Lipinski definition) is 3. The van der Waals surface area contributed by atoms with Crippen molar-refractivity contribution >= 4 is 5.97 Å². The van der Waals surface area contributed by atoms with Crippen molar-refractivity contribution in [1.82, 2.24) is 4.90 Å². The Labute approximate surface area is 66.4 Å². The molecule has 0 radical (unpaired) electrons. The van der Waals surface area contributed by atoms with E-state index in [9.17, 15) is 9.90 Å². The monoisotopic (exact) mass is 161 g/mol. The lowest BCUT2D eigenvalue weighted by molar-refractivity contribution is -0.142. The van der Waals surface area contributed by atoms with Gasteiger partial charge in [0.2, 0.25) is 0 Å². The Morgan fingerprint density at radius 1 is 1.45 bits per heavy atom. The summed E-state index contributed by atoms with van der Waals surface area (Å²) in [6, 6.07) is 0. The van der Waals surface area contributed by atoms with E-state index >= 15 is 0 Å². The second kappa shape index (κ2) is 5.09. The van der Waals surface area contributed by atoms with Crippen molar-refractivity contribution in [3.63, 3.8) is 0 Å². The van der Waals surface area contributed by atoms with Gasteiger partial charge in [0, 0.05) is 0 Å². The van der Waals surface area contributed by atoms with Gasteiger partial charge >= 0.3 is 5.97 Å². The average molecular weight is 161 g/mol. The van der Waals surface area contributed by atoms with Gasteiger partial charge in [-0.25, -0.2) is 0 Å². The van der Waals surface area contributed by atoms with Crippen molar-refractivity contribution in [3.8, 4) is 0 Å². The lowest BCUT2D eigenvalue weighted by atomic mass is 10.3. The van der Waals surface area contributed by atoms with Gasteiger partial charge in [-0.1, -0.05) is 13.8 Å². The molecular formula is C7H15NO3. The Kier molecular flexibility index (Phi) is 4.81. The first-order valence-corrected chi connectivity index (χ1v) is 3.75. The van der Waals surface area contributed by atoms with Crippen LogP contribution in [0.5, 0.6) is 0 Å². The summed E-state index contributed by atoms with van der Waals surface area (Å²) in [6.45, 7) is 5.11. The zero-order valence-electron chi connectivity index (χ0n) is 6.95. The molecule has 0 aliphatic carbocycles. The van der Waals surface area contributed by atoms with Crippen LogP contribution in [0.4, 0.5) is 0 Å². The summed E-state index contributed by atoms with van der Waals surface area (Å²) < 4.78 is 0. The van der Waals surface area contributed by atoms with Crippen LogP contribution in [0.15, 0.2) is 0 Å². The van der Waals surface area contributed by atoms with Crippen LogP contribution >= 0.6 is 0 Å². The van der Waals surface area contributed by atoms with Crippen LogP contribution in [0.3, 0.4) is 0 Å². The smallest absolute Gasteiger partial charge is 0.307 e. The molecule has 0 rings (SSSR count). The molecule has 0 saturated heterocycles. The maximum absolute atomic E-state index is 10.2. The molecule has 0 aliphatic rings. The normalized spacial score (nSPS) is 13.5. The minimum Gasteiger partial charge on any atom is -0.481 e. The number of aliphatic carboxylic acids is 1. The lowest BCUT2D eigenvalue weighted by Crippen LogP contribution is -2.36. The van der Waals surface area contributed by atoms with E-state index in [0.717, 1.165) is 0 Å². The van der Waals surface area contributed by atoms with E-state index in [4.69, 9.17) is 5.11 Å². The predicted octanol–water partition coefficient (Wildman–Crippen LogP) is 0.121. The summed E-state index contributed by atoms with van der Waals surface area (Å²) in [5.41, 5.74) is 0. The third-order valence-corrected chi connectivity index (χ3v) is 1.59. The first-order chi connectivity index (χ1) is 5.11. The van der Waals surface area contributed by atoms with E-state index in [2.05, 4.69) is 0 Å². The van der Waals surface area contributed by atoms with Gasteiger partial charge in [-0.05, 0) is 13.1 Å². The molecule has 66 valence electrons. The van der Waals surface area contributed by atoms with E-state index in [1.54, 1.807) is 4.90 Å². The largest absolute Gasteiger partial charge is 0.481 e. The van der Waals surface area contributed by atoms with Crippen LogP contribution in [-0.4, -0.2) is 40.4 Å². The fourth-order valence-electron chi connectivity index (χ4n) is 0.930. The third-order valence-electron chi connectivity index (χ3n) is 1.59. The quantitative estimate of drug-likeness (QED) is 0.562. The number of nitrogens with zero attached hydrogens (tertiary/aromatic N) is 1. The van der Waals surface area contributed by atoms with Crippen molar-refractivity contribution in [2.45, 2.75) is 26.5 Å². The van der Waals surface area contributed by atoms with Crippen molar-refractivity contribution < 1.29 is 15.0 Å². The number of rotatable bonds is 5. The molecule has 4 nitrogen and oxygen atoms in total. The fourth-order valence-corrected chi connectivity index (χ4v) is 0.930. The number of carbonyl (C=O) groups is 1. The Balaban J connectivity index is 3.78. The molecule has 0 saturated carbocycles. The Morgan fingerprint density at radius 3 is 2.18 bits per heavy atom. The number of carboxylic acid groups (broad SMARTS) is 1. The van der Waals surface area contributed by atoms with E-state index in [1.807, 2.05) is 13.8 Å². The van der Waals surface area contributed by atoms with Crippen LogP contribution < -0.4 is 0 Å². The maximum atomic E-state index is 10.2. The molecular weight excluding hydrogens is 146 g/mol. The van der Waals surface area contributed by atoms with Crippen molar-refractivity contribution in [2.24, 2.45) is 0 Å². The first-order valence-electron chi connectivity index (χ1n) is 3.75. The number of aliphatic hydroxyl groups excluding tert-OH is 1. The molecule has 0 heterocycles. The van der Waals surface area contributed by atoms with E-state index in [-0.39, 0.29) is 6.42 Å². The molecule has 0 aromatic carbocycles. The first kappa shape index (κ1) is 10.4. The van der Waals surface area contributed by atoms with Crippen molar-refractivity contribution in [1.29, 1.82) is 0 Å². The SMILES string of the molecule is CCN(CC)C(O)CC(=O)O. The van der Waals surface area contributed by atoms with Crippen LogP contribution in [0.25, 0.3) is 0 Å². The summed E-state index contributed by atoms with van der Waals surface area (Å²) >= 11 is 0. The van der Waals surface area contributed by atoms with Crippen LogP contribution in [0, 0.1) is 0 Å². The predicted molar refractivity (Wildman–Crippen MR) is 41.2 cm³/mol. The van der Waals surface area contributed by atoms with Gasteiger partial charge in [0.05, 0.1) is 6.42 Å². The van der Waals surface area contributed by atoms with Gasteiger partial charge in [-0.2, -0.15) is 0 Å². The van der Waals surface area contributed by atoms with E-state index < -0.39 is 12.2 Å². The van der Waals surface area contributed by atoms with Crippen LogP contribution in [-0.2, 0) is 4.79 Å². The molecule has 4 heteroatoms. The van der Waals surface area contributed by atoms with Crippen LogP contribution in [0.2, 0.25) is 0 Å². The molecule has 2 N–H and O–H groups in total. The lowest BCUT2D eigenvalue weighted by Gasteiger charge is -2.23. The summed E-state index contributed by atoms with van der Waals surface area (Å²) in [4.78, 5) is 11.8. The molecule has 0 amide bonds. The highest BCUT2D eigenvalue weighted by molar-refractivity contribution is 5.67. The number of hydrogen-bond donors (Lipinski definition) is 2. The maximum Gasteiger partial charge on any atom is 0.307 e. The number of carboxylic acids is 1. The highest BCUT2D eigenvalue weighted by Crippen LogP contribution is 1.99. The summed E-state index contributed by atoms with van der Waals surface area (Å²) in [5.74, 6) is -0.968. The molecule has 0 aromatic rings. The minimum absolute atomic E-state index is 0.207. The van der Waals surface area contributed by atoms with Gasteiger partial charge in [0.1, 0.15) is 6.23 Å². The molecule has 11 heavy (non-hydrogen) atoms. The summed E-state index contributed by atoms with van der Waals surface area (Å²) in [5, 5.41) is 17.6. The van der Waals surface area contributed by atoms with Gasteiger partial charge in [-0.15, -0.1) is 0 Å². The van der Waals surface area contributed by atoms with Gasteiger partial charge in [0.25, 0.3) is 0 Å². The summed E-state index contributed by atoms with van der Waals surface area (Å²) in [6.07, 6.45) is -1.05. The topological polar surface area (TPSA) is 60.8 Å². The zero-order chi connectivity index (χ0) is 8.85. The highest BCUT2D eigenvalue weighted by atomic mass is 16.4. The Bertz CT molecular complexity index is 123. The zero-order valence-corrected chi connectivity index (χ0v) is 6.95. The highest BCUT2D eigenvalue weighted by Gasteiger charge is 2.14. The van der Waals surface area contributed by atoms with Gasteiger partial charge in [0.15, 0.2) is 0 Å². The molecule has 0 bridgehead atoms. The van der Waals surface area contributed by atoms with Crippen molar-refractivity contribution in [2.75, 3.05) is 13.1 Å². The Morgan fingerprint density at radius 2 is 1.91 bits per heavy atom. The fraction of sp³-hybridized carbons (Fsp3) is 0.857. The average Bonchev–Trinajstić information content (AvgIpc) is 1.88. The van der Waals surface area contributed by atoms with Gasteiger partial charge in [-0.3, -0.25) is 9.69 Å². The molecule has 1 unspecified atom stereocenters. The Hall–Kier alpha value is -0.610. The van der Waals surface area contributed by atoms with Gasteiger partial charge < -0.3 is 10.2 Å². The molecule has 0 aliphatic heterocycles. The molecule has 0 aromatic heterocycles.